The van der Waals surface area contributed by atoms with E-state index < -0.39 is 11.7 Å². The van der Waals surface area contributed by atoms with Crippen LogP contribution in [-0.2, 0) is 6.18 Å². The van der Waals surface area contributed by atoms with E-state index in [4.69, 9.17) is 0 Å². The molecule has 0 heterocycles. The zero-order chi connectivity index (χ0) is 9.35. The summed E-state index contributed by atoms with van der Waals surface area (Å²) in [4.78, 5) is 0. The molecule has 0 saturated carbocycles. The van der Waals surface area contributed by atoms with Gasteiger partial charge in [0.05, 0.1) is 5.56 Å². The Balaban J connectivity index is 3.14. The summed E-state index contributed by atoms with van der Waals surface area (Å²) in [5.41, 5.74) is -0.0112. The smallest absolute Gasteiger partial charge is 0.166 e. The van der Waals surface area contributed by atoms with Crippen LogP contribution in [0.4, 0.5) is 13.2 Å². The summed E-state index contributed by atoms with van der Waals surface area (Å²) in [5, 5.41) is 0. The molecule has 65 valence electrons. The van der Waals surface area contributed by atoms with Gasteiger partial charge in [0.25, 0.3) is 0 Å². The highest BCUT2D eigenvalue weighted by atomic mass is 127. The van der Waals surface area contributed by atoms with E-state index in [0.717, 1.165) is 12.1 Å². The number of hydrogen-bond donors (Lipinski definition) is 0. The van der Waals surface area contributed by atoms with E-state index in [1.54, 1.807) is 0 Å². The molecule has 0 bridgehead atoms. The van der Waals surface area contributed by atoms with E-state index in [9.17, 15) is 13.2 Å². The monoisotopic (exact) mass is 285 g/mol. The van der Waals surface area contributed by atoms with Crippen molar-refractivity contribution in [1.82, 2.24) is 0 Å². The number of alkyl halides is 3. The number of benzene rings is 1. The van der Waals surface area contributed by atoms with Crippen LogP contribution in [0.3, 0.4) is 0 Å². The van der Waals surface area contributed by atoms with Crippen LogP contribution in [-0.4, -0.2) is 0 Å². The third-order valence-electron chi connectivity index (χ3n) is 1.38. The molecule has 0 amide bonds. The fourth-order valence-electron chi connectivity index (χ4n) is 0.724. The van der Waals surface area contributed by atoms with Gasteiger partial charge < -0.3 is 0 Å². The Bertz CT molecular complexity index is 291. The van der Waals surface area contributed by atoms with Gasteiger partial charge >= 0.3 is 6.18 Å². The highest BCUT2D eigenvalue weighted by Crippen LogP contribution is 2.30. The Morgan fingerprint density at radius 1 is 1.25 bits per heavy atom. The largest absolute Gasteiger partial charge is 0.416 e. The quantitative estimate of drug-likeness (QED) is 0.640. The average molecular weight is 285 g/mol. The third kappa shape index (κ3) is 2.12. The van der Waals surface area contributed by atoms with Gasteiger partial charge in [-0.15, -0.1) is 0 Å². The van der Waals surface area contributed by atoms with Gasteiger partial charge in [-0.2, -0.15) is 13.2 Å². The van der Waals surface area contributed by atoms with Gasteiger partial charge in [-0.25, -0.2) is 0 Å². The predicted octanol–water partition coefficient (Wildman–Crippen LogP) is 3.49. The molecule has 0 saturated heterocycles. The standard InChI is InChI=1S/C8H5F3I/c1-5-2-3-6(4-7(5)12)8(9,10)11/h2-4H,1H2. The van der Waals surface area contributed by atoms with Crippen molar-refractivity contribution in [3.63, 3.8) is 0 Å². The maximum absolute atomic E-state index is 12.1. The van der Waals surface area contributed by atoms with Crippen LogP contribution in [0, 0.1) is 10.5 Å². The first kappa shape index (κ1) is 9.83. The van der Waals surface area contributed by atoms with Crippen molar-refractivity contribution in [2.45, 2.75) is 6.18 Å². The zero-order valence-corrected chi connectivity index (χ0v) is 8.11. The van der Waals surface area contributed by atoms with Crippen LogP contribution in [0.25, 0.3) is 0 Å². The second kappa shape index (κ2) is 3.24. The van der Waals surface area contributed by atoms with Crippen molar-refractivity contribution in [2.24, 2.45) is 0 Å². The Morgan fingerprint density at radius 2 is 1.83 bits per heavy atom. The normalized spacial score (nSPS) is 11.8. The summed E-state index contributed by atoms with van der Waals surface area (Å²) in [6, 6.07) is 3.48. The molecule has 12 heavy (non-hydrogen) atoms. The first-order valence-corrected chi connectivity index (χ1v) is 4.18. The first-order valence-electron chi connectivity index (χ1n) is 3.10. The van der Waals surface area contributed by atoms with Crippen molar-refractivity contribution in [2.75, 3.05) is 0 Å². The second-order valence-corrected chi connectivity index (χ2v) is 3.47. The second-order valence-electron chi connectivity index (χ2n) is 2.30. The Labute approximate surface area is 81.9 Å². The van der Waals surface area contributed by atoms with Crippen LogP contribution in [0.5, 0.6) is 0 Å². The number of hydrogen-bond acceptors (Lipinski definition) is 0. The highest BCUT2D eigenvalue weighted by Gasteiger charge is 2.30. The van der Waals surface area contributed by atoms with Gasteiger partial charge in [-0.05, 0) is 47.2 Å². The van der Waals surface area contributed by atoms with Gasteiger partial charge in [0.1, 0.15) is 0 Å². The maximum Gasteiger partial charge on any atom is 0.416 e. The SMILES string of the molecule is [CH2]c1ccc(C(F)(F)F)cc1I. The van der Waals surface area contributed by atoms with Crippen LogP contribution in [0.2, 0.25) is 0 Å². The lowest BCUT2D eigenvalue weighted by atomic mass is 10.1. The molecule has 0 aliphatic rings. The molecule has 1 radical (unpaired) electrons. The molecule has 0 N–H and O–H groups in total. The minimum atomic E-state index is -4.26. The van der Waals surface area contributed by atoms with Crippen molar-refractivity contribution in [3.8, 4) is 0 Å². The highest BCUT2D eigenvalue weighted by molar-refractivity contribution is 14.1. The number of halogens is 4. The lowest BCUT2D eigenvalue weighted by molar-refractivity contribution is -0.137. The van der Waals surface area contributed by atoms with E-state index in [-0.39, 0.29) is 0 Å². The van der Waals surface area contributed by atoms with Gasteiger partial charge in [-0.1, -0.05) is 6.07 Å². The lowest BCUT2D eigenvalue weighted by Gasteiger charge is -2.07. The molecule has 1 aromatic carbocycles. The van der Waals surface area contributed by atoms with Gasteiger partial charge in [0, 0.05) is 3.57 Å². The summed E-state index contributed by atoms with van der Waals surface area (Å²) < 4.78 is 36.8. The maximum atomic E-state index is 12.1. The van der Waals surface area contributed by atoms with Gasteiger partial charge in [0.2, 0.25) is 0 Å². The van der Waals surface area contributed by atoms with Crippen molar-refractivity contribution in [1.29, 1.82) is 0 Å². The molecule has 0 unspecified atom stereocenters. The summed E-state index contributed by atoms with van der Waals surface area (Å²) >= 11 is 1.83. The topological polar surface area (TPSA) is 0 Å². The average Bonchev–Trinajstić information content (AvgIpc) is 1.92. The van der Waals surface area contributed by atoms with Crippen LogP contribution in [0.1, 0.15) is 11.1 Å². The van der Waals surface area contributed by atoms with E-state index in [1.807, 2.05) is 22.6 Å². The van der Waals surface area contributed by atoms with Crippen LogP contribution in [0.15, 0.2) is 18.2 Å². The molecule has 0 atom stereocenters. The molecular weight excluding hydrogens is 280 g/mol. The summed E-state index contributed by atoms with van der Waals surface area (Å²) in [7, 11) is 0. The molecule has 0 spiro atoms. The molecule has 0 aliphatic heterocycles. The van der Waals surface area contributed by atoms with Crippen molar-refractivity contribution < 1.29 is 13.2 Å². The predicted molar refractivity (Wildman–Crippen MR) is 48.6 cm³/mol. The Hall–Kier alpha value is -0.260. The molecule has 0 aromatic heterocycles. The van der Waals surface area contributed by atoms with Gasteiger partial charge in [-0.3, -0.25) is 0 Å². The molecule has 0 nitrogen and oxygen atoms in total. The lowest BCUT2D eigenvalue weighted by Crippen LogP contribution is -2.05. The van der Waals surface area contributed by atoms with Crippen LogP contribution < -0.4 is 0 Å². The fraction of sp³-hybridized carbons (Fsp3) is 0.125. The summed E-state index contributed by atoms with van der Waals surface area (Å²) in [6.45, 7) is 3.57. The van der Waals surface area contributed by atoms with Crippen molar-refractivity contribution in [3.05, 3.63) is 39.8 Å². The van der Waals surface area contributed by atoms with E-state index in [2.05, 4.69) is 6.92 Å². The molecule has 4 heteroatoms. The van der Waals surface area contributed by atoms with Crippen molar-refractivity contribution >= 4 is 22.6 Å². The third-order valence-corrected chi connectivity index (χ3v) is 2.38. The molecular formula is C8H5F3I. The Kier molecular flexibility index (Phi) is 2.65. The molecule has 0 aliphatic carbocycles. The fourth-order valence-corrected chi connectivity index (χ4v) is 1.24. The molecule has 1 rings (SSSR count). The molecule has 1 aromatic rings. The Morgan fingerprint density at radius 3 is 2.25 bits per heavy atom. The molecule has 0 fully saturated rings. The van der Waals surface area contributed by atoms with Crippen LogP contribution >= 0.6 is 22.6 Å². The van der Waals surface area contributed by atoms with E-state index in [1.165, 1.54) is 6.07 Å². The zero-order valence-electron chi connectivity index (χ0n) is 5.95. The van der Waals surface area contributed by atoms with Gasteiger partial charge in [0.15, 0.2) is 0 Å². The minimum Gasteiger partial charge on any atom is -0.166 e. The summed E-state index contributed by atoms with van der Waals surface area (Å²) in [5.74, 6) is 0. The number of rotatable bonds is 0. The first-order chi connectivity index (χ1) is 5.41. The minimum absolute atomic E-state index is 0.530. The van der Waals surface area contributed by atoms with E-state index in [0.29, 0.717) is 9.13 Å². The van der Waals surface area contributed by atoms with E-state index >= 15 is 0 Å². The summed E-state index contributed by atoms with van der Waals surface area (Å²) in [6.07, 6.45) is -4.26.